The molecule has 0 saturated heterocycles. The van der Waals surface area contributed by atoms with Gasteiger partial charge in [-0.2, -0.15) is 4.98 Å². The second-order valence-corrected chi connectivity index (χ2v) is 4.65. The highest BCUT2D eigenvalue weighted by Gasteiger charge is 2.12. The summed E-state index contributed by atoms with van der Waals surface area (Å²) in [7, 11) is 0. The monoisotopic (exact) mass is 321 g/mol. The Morgan fingerprint density at radius 1 is 1.11 bits per heavy atom. The van der Waals surface area contributed by atoms with Crippen LogP contribution in [0, 0.1) is 5.82 Å². The van der Waals surface area contributed by atoms with Crippen LogP contribution < -0.4 is 16.0 Å². The number of hydrogen-bond donors (Lipinski definition) is 2. The molecule has 8 heteroatoms. The van der Waals surface area contributed by atoms with Gasteiger partial charge in [-0.05, 0) is 24.3 Å². The maximum Gasteiger partial charge on any atom is 0.240 e. The largest absolute Gasteiger partial charge is 0.436 e. The van der Waals surface area contributed by atoms with Crippen LogP contribution in [0.3, 0.4) is 0 Å². The highest BCUT2D eigenvalue weighted by atomic mass is 35.5. The summed E-state index contributed by atoms with van der Waals surface area (Å²) in [5.41, 5.74) is 2.30. The van der Waals surface area contributed by atoms with Crippen molar-refractivity contribution in [2.45, 2.75) is 0 Å². The smallest absolute Gasteiger partial charge is 0.240 e. The summed E-state index contributed by atoms with van der Waals surface area (Å²) < 4.78 is 18.3. The van der Waals surface area contributed by atoms with Crippen LogP contribution in [0.4, 0.5) is 10.2 Å². The molecule has 1 aromatic heterocycles. The summed E-state index contributed by atoms with van der Waals surface area (Å²) in [6.07, 6.45) is 0. The highest BCUT2D eigenvalue weighted by Crippen LogP contribution is 2.35. The van der Waals surface area contributed by atoms with E-state index in [4.69, 9.17) is 45.4 Å². The fourth-order valence-corrected chi connectivity index (χ4v) is 1.94. The Morgan fingerprint density at radius 2 is 1.84 bits per heavy atom. The van der Waals surface area contributed by atoms with Crippen molar-refractivity contribution in [1.82, 2.24) is 4.98 Å². The number of ether oxygens (including phenoxy) is 1. The normalized spacial score (nSPS) is 10.4. The van der Waals surface area contributed by atoms with E-state index in [1.54, 1.807) is 0 Å². The molecular formula is C11H7Cl3FN3O. The molecule has 0 amide bonds. The number of nitrogens with zero attached hydrogens (tertiary/aromatic N) is 1. The van der Waals surface area contributed by atoms with Crippen LogP contribution >= 0.6 is 34.8 Å². The number of rotatable bonds is 3. The van der Waals surface area contributed by atoms with Crippen molar-refractivity contribution in [2.75, 3.05) is 5.43 Å². The Kier molecular flexibility index (Phi) is 4.31. The molecule has 0 bridgehead atoms. The predicted octanol–water partition coefficient (Wildman–Crippen LogP) is 4.26. The lowest BCUT2D eigenvalue weighted by molar-refractivity contribution is 0.462. The first kappa shape index (κ1) is 14.1. The minimum atomic E-state index is -0.475. The lowest BCUT2D eigenvalue weighted by Crippen LogP contribution is -2.09. The van der Waals surface area contributed by atoms with E-state index >= 15 is 0 Å². The molecule has 100 valence electrons. The molecular weight excluding hydrogens is 315 g/mol. The van der Waals surface area contributed by atoms with Crippen LogP contribution in [0.2, 0.25) is 15.1 Å². The molecule has 0 spiro atoms. The molecule has 0 saturated carbocycles. The Labute approximate surface area is 123 Å². The molecule has 1 heterocycles. The van der Waals surface area contributed by atoms with E-state index in [0.29, 0.717) is 0 Å². The van der Waals surface area contributed by atoms with Gasteiger partial charge >= 0.3 is 0 Å². The minimum Gasteiger partial charge on any atom is -0.436 e. The first-order chi connectivity index (χ1) is 9.01. The molecule has 0 radical (unpaired) electrons. The van der Waals surface area contributed by atoms with Crippen LogP contribution in [0.15, 0.2) is 24.3 Å². The van der Waals surface area contributed by atoms with Crippen molar-refractivity contribution in [1.29, 1.82) is 0 Å². The van der Waals surface area contributed by atoms with E-state index in [9.17, 15) is 4.39 Å². The molecule has 0 unspecified atom stereocenters. The average molecular weight is 323 g/mol. The number of hydrogen-bond acceptors (Lipinski definition) is 4. The molecule has 2 rings (SSSR count). The van der Waals surface area contributed by atoms with Gasteiger partial charge in [-0.3, -0.25) is 0 Å². The van der Waals surface area contributed by atoms with Crippen LogP contribution in [0.5, 0.6) is 11.6 Å². The molecule has 4 nitrogen and oxygen atoms in total. The van der Waals surface area contributed by atoms with Crippen molar-refractivity contribution in [3.63, 3.8) is 0 Å². The van der Waals surface area contributed by atoms with Gasteiger partial charge in [0.25, 0.3) is 0 Å². The Hall–Kier alpha value is -1.27. The predicted molar refractivity (Wildman–Crippen MR) is 73.6 cm³/mol. The molecule has 1 aromatic carbocycles. The summed E-state index contributed by atoms with van der Waals surface area (Å²) >= 11 is 17.6. The summed E-state index contributed by atoms with van der Waals surface area (Å²) in [5.74, 6) is 5.22. The number of hydrazine groups is 1. The second kappa shape index (κ2) is 5.79. The minimum absolute atomic E-state index is 0.0486. The third-order valence-corrected chi connectivity index (χ3v) is 2.99. The lowest BCUT2D eigenvalue weighted by Gasteiger charge is -2.10. The SMILES string of the molecule is NNc1nc(Oc2ccc(F)cc2Cl)c(Cl)cc1Cl. The van der Waals surface area contributed by atoms with Crippen LogP contribution in [-0.2, 0) is 0 Å². The highest BCUT2D eigenvalue weighted by molar-refractivity contribution is 6.36. The molecule has 0 aliphatic carbocycles. The molecule has 19 heavy (non-hydrogen) atoms. The van der Waals surface area contributed by atoms with Gasteiger partial charge in [0, 0.05) is 0 Å². The van der Waals surface area contributed by atoms with Gasteiger partial charge in [0.2, 0.25) is 5.88 Å². The second-order valence-electron chi connectivity index (χ2n) is 3.43. The Bertz CT molecular complexity index is 624. The zero-order valence-electron chi connectivity index (χ0n) is 9.25. The number of anilines is 1. The number of pyridine rings is 1. The summed E-state index contributed by atoms with van der Waals surface area (Å²) in [6, 6.07) is 5.09. The molecule has 0 fully saturated rings. The number of nitrogens with two attached hydrogens (primary N) is 1. The maximum absolute atomic E-state index is 12.9. The van der Waals surface area contributed by atoms with Crippen LogP contribution in [-0.4, -0.2) is 4.98 Å². The van der Waals surface area contributed by atoms with Gasteiger partial charge in [0.05, 0.1) is 10.0 Å². The molecule has 0 aliphatic rings. The number of nitrogen functional groups attached to an aromatic ring is 1. The van der Waals surface area contributed by atoms with Gasteiger partial charge < -0.3 is 10.2 Å². The molecule has 0 aliphatic heterocycles. The molecule has 3 N–H and O–H groups in total. The standard InChI is InChI=1S/C11H7Cl3FN3O/c12-6-3-5(15)1-2-9(6)19-11-8(14)4-7(13)10(17-11)18-16/h1-4H,16H2,(H,17,18). The fourth-order valence-electron chi connectivity index (χ4n) is 1.28. The number of aromatic nitrogens is 1. The number of nitrogens with one attached hydrogen (secondary N) is 1. The van der Waals surface area contributed by atoms with Gasteiger partial charge in [-0.25, -0.2) is 10.2 Å². The van der Waals surface area contributed by atoms with Gasteiger partial charge in [0.15, 0.2) is 5.82 Å². The van der Waals surface area contributed by atoms with Crippen molar-refractivity contribution in [3.05, 3.63) is 45.2 Å². The van der Waals surface area contributed by atoms with Gasteiger partial charge in [-0.1, -0.05) is 34.8 Å². The first-order valence-corrected chi connectivity index (χ1v) is 6.10. The van der Waals surface area contributed by atoms with Crippen molar-refractivity contribution < 1.29 is 9.13 Å². The van der Waals surface area contributed by atoms with Crippen molar-refractivity contribution in [2.24, 2.45) is 5.84 Å². The van der Waals surface area contributed by atoms with Crippen LogP contribution in [0.25, 0.3) is 0 Å². The van der Waals surface area contributed by atoms with Gasteiger partial charge in [0.1, 0.15) is 16.6 Å². The third-order valence-electron chi connectivity index (χ3n) is 2.13. The average Bonchev–Trinajstić information content (AvgIpc) is 2.35. The van der Waals surface area contributed by atoms with E-state index < -0.39 is 5.82 Å². The van der Waals surface area contributed by atoms with E-state index in [1.165, 1.54) is 18.2 Å². The third kappa shape index (κ3) is 3.19. The number of halogens is 4. The summed E-state index contributed by atoms with van der Waals surface area (Å²) in [4.78, 5) is 3.97. The lowest BCUT2D eigenvalue weighted by atomic mass is 10.3. The zero-order valence-corrected chi connectivity index (χ0v) is 11.5. The van der Waals surface area contributed by atoms with Gasteiger partial charge in [-0.15, -0.1) is 0 Å². The van der Waals surface area contributed by atoms with E-state index in [0.717, 1.165) is 6.07 Å². The Morgan fingerprint density at radius 3 is 2.47 bits per heavy atom. The Balaban J connectivity index is 2.37. The first-order valence-electron chi connectivity index (χ1n) is 4.97. The molecule has 2 aromatic rings. The van der Waals surface area contributed by atoms with E-state index in [1.807, 2.05) is 0 Å². The van der Waals surface area contributed by atoms with Crippen molar-refractivity contribution >= 4 is 40.6 Å². The van der Waals surface area contributed by atoms with E-state index in [-0.39, 0.29) is 32.5 Å². The zero-order chi connectivity index (χ0) is 14.0. The summed E-state index contributed by atoms with van der Waals surface area (Å²) in [5, 5.41) is 0.504. The van der Waals surface area contributed by atoms with E-state index in [2.05, 4.69) is 10.4 Å². The molecule has 0 atom stereocenters. The fraction of sp³-hybridized carbons (Fsp3) is 0. The van der Waals surface area contributed by atoms with Crippen molar-refractivity contribution in [3.8, 4) is 11.6 Å². The van der Waals surface area contributed by atoms with Crippen LogP contribution in [0.1, 0.15) is 0 Å². The quantitative estimate of drug-likeness (QED) is 0.655. The number of benzene rings is 1. The summed E-state index contributed by atoms with van der Waals surface area (Å²) in [6.45, 7) is 0. The topological polar surface area (TPSA) is 60.2 Å². The maximum atomic E-state index is 12.9.